The Hall–Kier alpha value is -0.390. The molecule has 21 heavy (non-hydrogen) atoms. The van der Waals surface area contributed by atoms with Gasteiger partial charge in [-0.1, -0.05) is 31.5 Å². The summed E-state index contributed by atoms with van der Waals surface area (Å²) >= 11 is 6.24. The van der Waals surface area contributed by atoms with Crippen molar-refractivity contribution in [2.45, 2.75) is 19.9 Å². The van der Waals surface area contributed by atoms with Gasteiger partial charge in [-0.2, -0.15) is 0 Å². The molecule has 0 aromatic heterocycles. The third-order valence-corrected chi connectivity index (χ3v) is 4.27. The van der Waals surface area contributed by atoms with Gasteiger partial charge in [-0.3, -0.25) is 4.90 Å². The molecule has 3 nitrogen and oxygen atoms in total. The van der Waals surface area contributed by atoms with Gasteiger partial charge in [0.25, 0.3) is 0 Å². The average Bonchev–Trinajstić information content (AvgIpc) is 2.43. The van der Waals surface area contributed by atoms with Crippen LogP contribution in [0.25, 0.3) is 0 Å². The van der Waals surface area contributed by atoms with Crippen molar-refractivity contribution >= 4 is 24.0 Å². The number of rotatable bonds is 4. The number of aliphatic hydroxyl groups excluding tert-OH is 1. The largest absolute Gasteiger partial charge is 0.396 e. The molecule has 0 radical (unpaired) electrons. The first-order valence-corrected chi connectivity index (χ1v) is 7.34. The van der Waals surface area contributed by atoms with E-state index >= 15 is 0 Å². The van der Waals surface area contributed by atoms with Crippen molar-refractivity contribution in [3.63, 3.8) is 0 Å². The number of hydrogen-bond donors (Lipinski definition) is 2. The molecule has 0 aliphatic carbocycles. The van der Waals surface area contributed by atoms with Crippen LogP contribution in [0.4, 0.5) is 4.39 Å². The Morgan fingerprint density at radius 1 is 1.38 bits per heavy atom. The Morgan fingerprint density at radius 3 is 2.52 bits per heavy atom. The monoisotopic (exact) mass is 336 g/mol. The smallest absolute Gasteiger partial charge is 0.129 e. The second-order valence-electron chi connectivity index (χ2n) is 5.97. The van der Waals surface area contributed by atoms with Gasteiger partial charge in [0.15, 0.2) is 0 Å². The maximum atomic E-state index is 14.3. The highest BCUT2D eigenvalue weighted by Crippen LogP contribution is 2.42. The summed E-state index contributed by atoms with van der Waals surface area (Å²) in [6, 6.07) is 4.53. The molecule has 1 aromatic rings. The van der Waals surface area contributed by atoms with Crippen LogP contribution in [0.5, 0.6) is 0 Å². The van der Waals surface area contributed by atoms with E-state index in [2.05, 4.69) is 10.2 Å². The van der Waals surface area contributed by atoms with Gasteiger partial charge in [0, 0.05) is 54.8 Å². The van der Waals surface area contributed by atoms with E-state index in [0.29, 0.717) is 10.6 Å². The molecule has 0 spiro atoms. The fourth-order valence-corrected chi connectivity index (χ4v) is 3.13. The summed E-state index contributed by atoms with van der Waals surface area (Å²) in [6.07, 6.45) is 0. The second kappa shape index (κ2) is 7.75. The molecule has 1 aliphatic rings. The molecule has 120 valence electrons. The predicted molar refractivity (Wildman–Crippen MR) is 86.7 cm³/mol. The molecule has 1 aliphatic heterocycles. The summed E-state index contributed by atoms with van der Waals surface area (Å²) in [7, 11) is 0. The lowest BCUT2D eigenvalue weighted by molar-refractivity contribution is 0.0287. The van der Waals surface area contributed by atoms with E-state index in [1.54, 1.807) is 12.1 Å². The first kappa shape index (κ1) is 18.7. The fraction of sp³-hybridized carbons (Fsp3) is 0.600. The molecule has 0 bridgehead atoms. The molecule has 2 N–H and O–H groups in total. The van der Waals surface area contributed by atoms with Crippen molar-refractivity contribution in [3.8, 4) is 0 Å². The fourth-order valence-electron chi connectivity index (χ4n) is 2.87. The third kappa shape index (κ3) is 4.08. The first-order chi connectivity index (χ1) is 9.47. The molecular weight excluding hydrogens is 314 g/mol. The molecule has 2 rings (SSSR count). The molecular formula is C15H23Cl2FN2O. The third-order valence-electron chi connectivity index (χ3n) is 3.94. The number of benzene rings is 1. The van der Waals surface area contributed by atoms with Crippen LogP contribution in [0.15, 0.2) is 18.2 Å². The van der Waals surface area contributed by atoms with Crippen LogP contribution in [0, 0.1) is 11.2 Å². The number of piperazine rings is 1. The Morgan fingerprint density at radius 2 is 2.00 bits per heavy atom. The van der Waals surface area contributed by atoms with Gasteiger partial charge in [-0.05, 0) is 12.1 Å². The van der Waals surface area contributed by atoms with Crippen molar-refractivity contribution in [2.24, 2.45) is 5.41 Å². The minimum absolute atomic E-state index is 0. The lowest BCUT2D eigenvalue weighted by Crippen LogP contribution is -2.49. The maximum absolute atomic E-state index is 14.3. The minimum Gasteiger partial charge on any atom is -0.396 e. The van der Waals surface area contributed by atoms with Gasteiger partial charge in [0.1, 0.15) is 5.82 Å². The number of hydrogen-bond acceptors (Lipinski definition) is 3. The molecule has 0 amide bonds. The van der Waals surface area contributed by atoms with Crippen molar-refractivity contribution in [2.75, 3.05) is 32.8 Å². The van der Waals surface area contributed by atoms with Crippen LogP contribution in [-0.2, 0) is 0 Å². The summed E-state index contributed by atoms with van der Waals surface area (Å²) in [5.74, 6) is -0.303. The zero-order valence-corrected chi connectivity index (χ0v) is 14.0. The van der Waals surface area contributed by atoms with Crippen LogP contribution in [0.2, 0.25) is 5.02 Å². The SMILES string of the molecule is CC(C)(CO)[C@H](c1c(F)cccc1Cl)N1CCNCC1.Cl. The summed E-state index contributed by atoms with van der Waals surface area (Å²) in [4.78, 5) is 2.21. The molecule has 1 atom stereocenters. The van der Waals surface area contributed by atoms with Crippen LogP contribution >= 0.6 is 24.0 Å². The van der Waals surface area contributed by atoms with E-state index in [4.69, 9.17) is 11.6 Å². The van der Waals surface area contributed by atoms with Crippen LogP contribution in [-0.4, -0.2) is 42.8 Å². The highest BCUT2D eigenvalue weighted by Gasteiger charge is 2.38. The van der Waals surface area contributed by atoms with Gasteiger partial charge < -0.3 is 10.4 Å². The van der Waals surface area contributed by atoms with Gasteiger partial charge in [0.2, 0.25) is 0 Å². The number of halogens is 3. The molecule has 1 heterocycles. The standard InChI is InChI=1S/C15H22ClFN2O.ClH/c1-15(2,10-20)14(19-8-6-18-7-9-19)13-11(16)4-3-5-12(13)17;/h3-5,14,18,20H,6-10H2,1-2H3;1H/t14-;/m0./s1. The van der Waals surface area contributed by atoms with Crippen molar-refractivity contribution < 1.29 is 9.50 Å². The Labute approximate surface area is 136 Å². The Bertz CT molecular complexity index is 445. The minimum atomic E-state index is -0.469. The summed E-state index contributed by atoms with van der Waals surface area (Å²) in [6.45, 7) is 7.24. The van der Waals surface area contributed by atoms with Gasteiger partial charge in [0.05, 0.1) is 0 Å². The van der Waals surface area contributed by atoms with Crippen molar-refractivity contribution in [1.29, 1.82) is 0 Å². The highest BCUT2D eigenvalue weighted by molar-refractivity contribution is 6.31. The topological polar surface area (TPSA) is 35.5 Å². The highest BCUT2D eigenvalue weighted by atomic mass is 35.5. The lowest BCUT2D eigenvalue weighted by atomic mass is 9.79. The predicted octanol–water partition coefficient (Wildman–Crippen LogP) is 2.87. The summed E-state index contributed by atoms with van der Waals surface area (Å²) < 4.78 is 14.3. The van der Waals surface area contributed by atoms with E-state index in [0.717, 1.165) is 26.2 Å². The molecule has 6 heteroatoms. The van der Waals surface area contributed by atoms with Crippen LogP contribution in [0.1, 0.15) is 25.5 Å². The second-order valence-corrected chi connectivity index (χ2v) is 6.38. The Balaban J connectivity index is 0.00000220. The number of nitrogens with zero attached hydrogens (tertiary/aromatic N) is 1. The zero-order chi connectivity index (χ0) is 14.8. The van der Waals surface area contributed by atoms with E-state index in [1.165, 1.54) is 6.07 Å². The molecule has 1 fully saturated rings. The Kier molecular flexibility index (Phi) is 6.88. The molecule has 0 saturated carbocycles. The summed E-state index contributed by atoms with van der Waals surface area (Å²) in [5, 5.41) is 13.4. The lowest BCUT2D eigenvalue weighted by Gasteiger charge is -2.43. The van der Waals surface area contributed by atoms with E-state index in [9.17, 15) is 9.50 Å². The summed E-state index contributed by atoms with van der Waals surface area (Å²) in [5.41, 5.74) is 0.0264. The average molecular weight is 337 g/mol. The molecule has 1 aromatic carbocycles. The number of aliphatic hydroxyl groups is 1. The van der Waals surface area contributed by atoms with Crippen LogP contribution in [0.3, 0.4) is 0 Å². The zero-order valence-electron chi connectivity index (χ0n) is 12.4. The quantitative estimate of drug-likeness (QED) is 0.887. The first-order valence-electron chi connectivity index (χ1n) is 6.97. The van der Waals surface area contributed by atoms with Crippen molar-refractivity contribution in [3.05, 3.63) is 34.6 Å². The van der Waals surface area contributed by atoms with Crippen LogP contribution < -0.4 is 5.32 Å². The van der Waals surface area contributed by atoms with Crippen molar-refractivity contribution in [1.82, 2.24) is 10.2 Å². The van der Waals surface area contributed by atoms with Gasteiger partial charge in [-0.15, -0.1) is 12.4 Å². The van der Waals surface area contributed by atoms with Gasteiger partial charge in [-0.25, -0.2) is 4.39 Å². The number of nitrogens with one attached hydrogen (secondary N) is 1. The maximum Gasteiger partial charge on any atom is 0.129 e. The van der Waals surface area contributed by atoms with Gasteiger partial charge >= 0.3 is 0 Å². The molecule has 0 unspecified atom stereocenters. The van der Waals surface area contributed by atoms with E-state index < -0.39 is 5.41 Å². The normalized spacial score (nSPS) is 18.1. The van der Waals surface area contributed by atoms with E-state index in [-0.39, 0.29) is 30.9 Å². The molecule has 1 saturated heterocycles. The van der Waals surface area contributed by atoms with E-state index in [1.807, 2.05) is 13.8 Å².